The number of hydrogen-bond acceptors (Lipinski definition) is 2. The molecule has 0 unspecified atom stereocenters. The van der Waals surface area contributed by atoms with Crippen LogP contribution in [0.25, 0.3) is 0 Å². The molecular formula is C15H20BrClN2O. The van der Waals surface area contributed by atoms with Crippen LogP contribution in [-0.4, -0.2) is 30.4 Å². The van der Waals surface area contributed by atoms with Crippen molar-refractivity contribution in [1.82, 2.24) is 10.2 Å². The average Bonchev–Trinajstić information content (AvgIpc) is 2.70. The topological polar surface area (TPSA) is 32.3 Å². The molecule has 0 aromatic heterocycles. The van der Waals surface area contributed by atoms with E-state index in [0.717, 1.165) is 49.9 Å². The molecule has 1 spiro atoms. The number of nitrogens with zero attached hydrogens (tertiary/aromatic N) is 1. The van der Waals surface area contributed by atoms with Crippen LogP contribution < -0.4 is 5.32 Å². The number of nitrogens with one attached hydrogen (secondary N) is 1. The van der Waals surface area contributed by atoms with Gasteiger partial charge in [0.1, 0.15) is 0 Å². The molecule has 0 aliphatic carbocycles. The van der Waals surface area contributed by atoms with Crippen molar-refractivity contribution >= 4 is 34.2 Å². The molecular weight excluding hydrogens is 340 g/mol. The van der Waals surface area contributed by atoms with Crippen molar-refractivity contribution in [1.29, 1.82) is 0 Å². The molecule has 0 radical (unpaired) electrons. The Morgan fingerprint density at radius 3 is 2.70 bits per heavy atom. The van der Waals surface area contributed by atoms with Crippen LogP contribution in [0.4, 0.5) is 0 Å². The molecule has 1 N–H and O–H groups in total. The van der Waals surface area contributed by atoms with E-state index in [-0.39, 0.29) is 17.8 Å². The maximum atomic E-state index is 12.7. The number of amides is 1. The van der Waals surface area contributed by atoms with E-state index in [1.807, 2.05) is 17.0 Å². The molecule has 0 saturated carbocycles. The first-order chi connectivity index (χ1) is 9.20. The summed E-state index contributed by atoms with van der Waals surface area (Å²) >= 11 is 3.49. The summed E-state index contributed by atoms with van der Waals surface area (Å²) in [5.74, 6) is 0.369. The van der Waals surface area contributed by atoms with Crippen LogP contribution in [0.3, 0.4) is 0 Å². The molecule has 2 heterocycles. The minimum Gasteiger partial charge on any atom is -0.338 e. The van der Waals surface area contributed by atoms with Crippen LogP contribution in [0.2, 0.25) is 0 Å². The standard InChI is InChI=1S/C15H19BrN2O.ClH/c16-13-3-1-2-12(10-13)11-18-9-6-15(14(18)19)4-7-17-8-5-15;/h1-3,10,17H,4-9,11H2;1H. The zero-order chi connectivity index (χ0) is 13.3. The second kappa shape index (κ2) is 6.46. The lowest BCUT2D eigenvalue weighted by molar-refractivity contribution is -0.137. The predicted octanol–water partition coefficient (Wildman–Crippen LogP) is 2.97. The third-order valence-corrected chi connectivity index (χ3v) is 4.92. The summed E-state index contributed by atoms with van der Waals surface area (Å²) in [6.45, 7) is 3.62. The van der Waals surface area contributed by atoms with Crippen LogP contribution in [-0.2, 0) is 11.3 Å². The van der Waals surface area contributed by atoms with Crippen molar-refractivity contribution in [3.8, 4) is 0 Å². The molecule has 5 heteroatoms. The lowest BCUT2D eigenvalue weighted by Gasteiger charge is -2.32. The van der Waals surface area contributed by atoms with Gasteiger partial charge in [0.25, 0.3) is 0 Å². The van der Waals surface area contributed by atoms with Gasteiger partial charge in [-0.15, -0.1) is 12.4 Å². The Labute approximate surface area is 134 Å². The first-order valence-corrected chi connectivity index (χ1v) is 7.73. The molecule has 1 aromatic carbocycles. The Hall–Kier alpha value is -0.580. The molecule has 1 amide bonds. The van der Waals surface area contributed by atoms with Gasteiger partial charge < -0.3 is 10.2 Å². The molecule has 0 atom stereocenters. The number of benzene rings is 1. The Morgan fingerprint density at radius 1 is 1.25 bits per heavy atom. The van der Waals surface area contributed by atoms with Crippen molar-refractivity contribution in [2.24, 2.45) is 5.41 Å². The number of rotatable bonds is 2. The molecule has 2 aliphatic heterocycles. The molecule has 3 nitrogen and oxygen atoms in total. The van der Waals surface area contributed by atoms with Gasteiger partial charge in [-0.2, -0.15) is 0 Å². The molecule has 0 bridgehead atoms. The predicted molar refractivity (Wildman–Crippen MR) is 86.0 cm³/mol. The monoisotopic (exact) mass is 358 g/mol. The first-order valence-electron chi connectivity index (χ1n) is 6.94. The number of piperidine rings is 1. The Morgan fingerprint density at radius 2 is 2.00 bits per heavy atom. The maximum absolute atomic E-state index is 12.7. The van der Waals surface area contributed by atoms with Gasteiger partial charge >= 0.3 is 0 Å². The third-order valence-electron chi connectivity index (χ3n) is 4.42. The summed E-state index contributed by atoms with van der Waals surface area (Å²) in [4.78, 5) is 14.7. The molecule has 1 aromatic rings. The third kappa shape index (κ3) is 3.02. The van der Waals surface area contributed by atoms with Crippen molar-refractivity contribution in [2.75, 3.05) is 19.6 Å². The van der Waals surface area contributed by atoms with E-state index in [9.17, 15) is 4.79 Å². The molecule has 2 saturated heterocycles. The SMILES string of the molecule is Cl.O=C1N(Cc2cccc(Br)c2)CCC12CCNCC2. The Balaban J connectivity index is 0.00000147. The maximum Gasteiger partial charge on any atom is 0.229 e. The quantitative estimate of drug-likeness (QED) is 0.880. The van der Waals surface area contributed by atoms with Crippen LogP contribution in [0, 0.1) is 5.41 Å². The highest BCUT2D eigenvalue weighted by molar-refractivity contribution is 9.10. The molecule has 2 fully saturated rings. The van der Waals surface area contributed by atoms with Crippen LogP contribution >= 0.6 is 28.3 Å². The molecule has 3 rings (SSSR count). The zero-order valence-electron chi connectivity index (χ0n) is 11.4. The first kappa shape index (κ1) is 15.8. The summed E-state index contributed by atoms with van der Waals surface area (Å²) in [5, 5.41) is 3.35. The lowest BCUT2D eigenvalue weighted by Crippen LogP contribution is -2.42. The van der Waals surface area contributed by atoms with E-state index in [4.69, 9.17) is 0 Å². The number of likely N-dealkylation sites (tertiary alicyclic amines) is 1. The highest BCUT2D eigenvalue weighted by Crippen LogP contribution is 2.40. The minimum atomic E-state index is -0.0583. The van der Waals surface area contributed by atoms with E-state index in [2.05, 4.69) is 33.4 Å². The fourth-order valence-electron chi connectivity index (χ4n) is 3.27. The normalized spacial score (nSPS) is 21.1. The fraction of sp³-hybridized carbons (Fsp3) is 0.533. The van der Waals surface area contributed by atoms with Crippen molar-refractivity contribution < 1.29 is 4.79 Å². The molecule has 2 aliphatic rings. The number of hydrogen-bond donors (Lipinski definition) is 1. The second-order valence-corrected chi connectivity index (χ2v) is 6.55. The summed E-state index contributed by atoms with van der Waals surface area (Å²) in [7, 11) is 0. The van der Waals surface area contributed by atoms with Crippen LogP contribution in [0.15, 0.2) is 28.7 Å². The van der Waals surface area contributed by atoms with Gasteiger partial charge in [0, 0.05) is 17.6 Å². The molecule has 110 valence electrons. The van der Waals surface area contributed by atoms with Gasteiger partial charge in [-0.05, 0) is 50.0 Å². The van der Waals surface area contributed by atoms with Crippen LogP contribution in [0.1, 0.15) is 24.8 Å². The fourth-order valence-corrected chi connectivity index (χ4v) is 3.72. The van der Waals surface area contributed by atoms with Gasteiger partial charge in [-0.1, -0.05) is 28.1 Å². The summed E-state index contributed by atoms with van der Waals surface area (Å²) in [6.07, 6.45) is 3.03. The van der Waals surface area contributed by atoms with E-state index in [0.29, 0.717) is 5.91 Å². The van der Waals surface area contributed by atoms with E-state index < -0.39 is 0 Å². The van der Waals surface area contributed by atoms with Crippen molar-refractivity contribution in [3.63, 3.8) is 0 Å². The number of carbonyl (C=O) groups excluding carboxylic acids is 1. The van der Waals surface area contributed by atoms with Crippen LogP contribution in [0.5, 0.6) is 0 Å². The number of carbonyl (C=O) groups is 1. The van der Waals surface area contributed by atoms with E-state index >= 15 is 0 Å². The smallest absolute Gasteiger partial charge is 0.229 e. The van der Waals surface area contributed by atoms with Gasteiger partial charge in [0.15, 0.2) is 0 Å². The van der Waals surface area contributed by atoms with E-state index in [1.165, 1.54) is 5.56 Å². The Bertz CT molecular complexity index is 489. The largest absolute Gasteiger partial charge is 0.338 e. The van der Waals surface area contributed by atoms with Gasteiger partial charge in [0.05, 0.1) is 5.41 Å². The Kier molecular flexibility index (Phi) is 5.10. The second-order valence-electron chi connectivity index (χ2n) is 5.64. The highest BCUT2D eigenvalue weighted by Gasteiger charge is 2.46. The van der Waals surface area contributed by atoms with Gasteiger partial charge in [-0.25, -0.2) is 0 Å². The van der Waals surface area contributed by atoms with Gasteiger partial charge in [0.2, 0.25) is 5.91 Å². The molecule has 20 heavy (non-hydrogen) atoms. The zero-order valence-corrected chi connectivity index (χ0v) is 13.8. The number of halogens is 2. The van der Waals surface area contributed by atoms with Gasteiger partial charge in [-0.3, -0.25) is 4.79 Å². The minimum absolute atomic E-state index is 0. The summed E-state index contributed by atoms with van der Waals surface area (Å²) in [5.41, 5.74) is 1.14. The van der Waals surface area contributed by atoms with Crippen molar-refractivity contribution in [2.45, 2.75) is 25.8 Å². The lowest BCUT2D eigenvalue weighted by atomic mass is 9.78. The van der Waals surface area contributed by atoms with E-state index in [1.54, 1.807) is 0 Å². The average molecular weight is 360 g/mol. The summed E-state index contributed by atoms with van der Waals surface area (Å²) < 4.78 is 1.08. The summed E-state index contributed by atoms with van der Waals surface area (Å²) in [6, 6.07) is 8.23. The highest BCUT2D eigenvalue weighted by atomic mass is 79.9. The van der Waals surface area contributed by atoms with Crippen molar-refractivity contribution in [3.05, 3.63) is 34.3 Å².